The van der Waals surface area contributed by atoms with Crippen LogP contribution in [0.25, 0.3) is 0 Å². The number of halogens is 2. The average molecular weight is 272 g/mol. The van der Waals surface area contributed by atoms with E-state index in [0.29, 0.717) is 16.1 Å². The van der Waals surface area contributed by atoms with Gasteiger partial charge < -0.3 is 5.32 Å². The highest BCUT2D eigenvalue weighted by molar-refractivity contribution is 6.42. The molecular formula is C14H19Cl2N. The van der Waals surface area contributed by atoms with Crippen molar-refractivity contribution in [2.24, 2.45) is 0 Å². The molecule has 1 nitrogen and oxygen atoms in total. The van der Waals surface area contributed by atoms with Gasteiger partial charge in [0.2, 0.25) is 0 Å². The molecule has 2 rings (SSSR count). The van der Waals surface area contributed by atoms with Crippen molar-refractivity contribution in [3.63, 3.8) is 0 Å². The molecule has 0 aromatic heterocycles. The van der Waals surface area contributed by atoms with Gasteiger partial charge in [-0.1, -0.05) is 55.3 Å². The van der Waals surface area contributed by atoms with Gasteiger partial charge in [0, 0.05) is 11.7 Å². The molecular weight excluding hydrogens is 253 g/mol. The Balaban J connectivity index is 1.95. The Hall–Kier alpha value is -0.400. The number of nitrogens with one attached hydrogen (secondary N) is 1. The minimum absolute atomic E-state index is 0.590. The van der Waals surface area contributed by atoms with Gasteiger partial charge in [0.05, 0.1) is 10.0 Å². The zero-order valence-corrected chi connectivity index (χ0v) is 11.5. The van der Waals surface area contributed by atoms with E-state index in [4.69, 9.17) is 23.2 Å². The number of hydrogen-bond acceptors (Lipinski definition) is 1. The second-order valence-electron chi connectivity index (χ2n) is 4.82. The van der Waals surface area contributed by atoms with E-state index in [1.54, 1.807) is 0 Å². The monoisotopic (exact) mass is 271 g/mol. The van der Waals surface area contributed by atoms with Gasteiger partial charge in [0.1, 0.15) is 0 Å². The second-order valence-corrected chi connectivity index (χ2v) is 5.63. The van der Waals surface area contributed by atoms with Crippen LogP contribution in [0.3, 0.4) is 0 Å². The van der Waals surface area contributed by atoms with Gasteiger partial charge in [-0.15, -0.1) is 0 Å². The summed E-state index contributed by atoms with van der Waals surface area (Å²) in [6.45, 7) is 0. The molecule has 1 aliphatic carbocycles. The predicted octanol–water partition coefficient (Wildman–Crippen LogP) is 5.52. The lowest BCUT2D eigenvalue weighted by atomic mass is 9.96. The van der Waals surface area contributed by atoms with E-state index in [2.05, 4.69) is 5.32 Å². The summed E-state index contributed by atoms with van der Waals surface area (Å²) in [5.41, 5.74) is 1.09. The van der Waals surface area contributed by atoms with Gasteiger partial charge in [-0.2, -0.15) is 0 Å². The highest BCUT2D eigenvalue weighted by atomic mass is 35.5. The summed E-state index contributed by atoms with van der Waals surface area (Å²) in [5.74, 6) is 0. The molecule has 0 bridgehead atoms. The fourth-order valence-electron chi connectivity index (χ4n) is 2.42. The van der Waals surface area contributed by atoms with Gasteiger partial charge in [-0.25, -0.2) is 0 Å². The SMILES string of the molecule is Clc1ccc(NC2CCCCCCC2)cc1Cl. The lowest BCUT2D eigenvalue weighted by Crippen LogP contribution is -2.20. The average Bonchev–Trinajstić information content (AvgIpc) is 2.27. The van der Waals surface area contributed by atoms with E-state index in [1.807, 2.05) is 18.2 Å². The molecule has 0 atom stereocenters. The van der Waals surface area contributed by atoms with Crippen LogP contribution in [0, 0.1) is 0 Å². The number of rotatable bonds is 2. The third-order valence-electron chi connectivity index (χ3n) is 3.40. The number of anilines is 1. The van der Waals surface area contributed by atoms with E-state index in [9.17, 15) is 0 Å². The van der Waals surface area contributed by atoms with Crippen molar-refractivity contribution in [2.45, 2.75) is 51.0 Å². The summed E-state index contributed by atoms with van der Waals surface area (Å²) in [6.07, 6.45) is 9.34. The minimum atomic E-state index is 0.590. The highest BCUT2D eigenvalue weighted by Gasteiger charge is 2.11. The molecule has 0 saturated heterocycles. The summed E-state index contributed by atoms with van der Waals surface area (Å²) >= 11 is 11.9. The summed E-state index contributed by atoms with van der Waals surface area (Å²) in [7, 11) is 0. The van der Waals surface area contributed by atoms with Gasteiger partial charge in [0.15, 0.2) is 0 Å². The smallest absolute Gasteiger partial charge is 0.0612 e. The first-order valence-corrected chi connectivity index (χ1v) is 7.23. The molecule has 1 aromatic carbocycles. The Bertz CT molecular complexity index is 357. The van der Waals surface area contributed by atoms with Crippen LogP contribution in [-0.4, -0.2) is 6.04 Å². The summed E-state index contributed by atoms with van der Waals surface area (Å²) < 4.78 is 0. The predicted molar refractivity (Wildman–Crippen MR) is 76.2 cm³/mol. The van der Waals surface area contributed by atoms with Crippen molar-refractivity contribution in [1.29, 1.82) is 0 Å². The maximum Gasteiger partial charge on any atom is 0.0612 e. The summed E-state index contributed by atoms with van der Waals surface area (Å²) in [6, 6.07) is 6.37. The second kappa shape index (κ2) is 6.51. The Morgan fingerprint density at radius 2 is 1.53 bits per heavy atom. The fourth-order valence-corrected chi connectivity index (χ4v) is 2.72. The molecule has 3 heteroatoms. The van der Waals surface area contributed by atoms with E-state index in [-0.39, 0.29) is 0 Å². The summed E-state index contributed by atoms with van der Waals surface area (Å²) in [4.78, 5) is 0. The first-order chi connectivity index (χ1) is 8.25. The minimum Gasteiger partial charge on any atom is -0.382 e. The normalized spacial score (nSPS) is 18.5. The van der Waals surface area contributed by atoms with Crippen molar-refractivity contribution in [2.75, 3.05) is 5.32 Å². The van der Waals surface area contributed by atoms with Crippen LogP contribution in [0.4, 0.5) is 5.69 Å². The van der Waals surface area contributed by atoms with Crippen molar-refractivity contribution in [1.82, 2.24) is 0 Å². The van der Waals surface area contributed by atoms with Crippen LogP contribution in [0.5, 0.6) is 0 Å². The Morgan fingerprint density at radius 3 is 2.18 bits per heavy atom. The van der Waals surface area contributed by atoms with Crippen molar-refractivity contribution < 1.29 is 0 Å². The fraction of sp³-hybridized carbons (Fsp3) is 0.571. The highest BCUT2D eigenvalue weighted by Crippen LogP contribution is 2.27. The Kier molecular flexibility index (Phi) is 4.99. The van der Waals surface area contributed by atoms with Gasteiger partial charge in [-0.05, 0) is 31.0 Å². The quantitative estimate of drug-likeness (QED) is 0.747. The maximum absolute atomic E-state index is 6.02. The van der Waals surface area contributed by atoms with Crippen LogP contribution < -0.4 is 5.32 Å². The summed E-state index contributed by atoms with van der Waals surface area (Å²) in [5, 5.41) is 4.82. The van der Waals surface area contributed by atoms with Crippen LogP contribution in [-0.2, 0) is 0 Å². The van der Waals surface area contributed by atoms with Gasteiger partial charge in [0.25, 0.3) is 0 Å². The molecule has 1 aromatic rings. The van der Waals surface area contributed by atoms with E-state index in [0.717, 1.165) is 5.69 Å². The zero-order chi connectivity index (χ0) is 12.1. The van der Waals surface area contributed by atoms with Crippen molar-refractivity contribution in [3.05, 3.63) is 28.2 Å². The van der Waals surface area contributed by atoms with Crippen LogP contribution in [0.2, 0.25) is 10.0 Å². The van der Waals surface area contributed by atoms with Crippen LogP contribution in [0.1, 0.15) is 44.9 Å². The van der Waals surface area contributed by atoms with Crippen molar-refractivity contribution in [3.8, 4) is 0 Å². The Morgan fingerprint density at radius 1 is 0.882 bits per heavy atom. The first kappa shape index (κ1) is 13.0. The van der Waals surface area contributed by atoms with E-state index < -0.39 is 0 Å². The molecule has 0 amide bonds. The molecule has 0 spiro atoms. The van der Waals surface area contributed by atoms with E-state index in [1.165, 1.54) is 44.9 Å². The van der Waals surface area contributed by atoms with Crippen LogP contribution in [0.15, 0.2) is 18.2 Å². The van der Waals surface area contributed by atoms with Gasteiger partial charge >= 0.3 is 0 Å². The van der Waals surface area contributed by atoms with E-state index >= 15 is 0 Å². The van der Waals surface area contributed by atoms with Crippen molar-refractivity contribution >= 4 is 28.9 Å². The number of hydrogen-bond donors (Lipinski definition) is 1. The molecule has 0 aliphatic heterocycles. The molecule has 94 valence electrons. The third kappa shape index (κ3) is 4.08. The first-order valence-electron chi connectivity index (χ1n) is 6.47. The lowest BCUT2D eigenvalue weighted by Gasteiger charge is -2.22. The zero-order valence-electron chi connectivity index (χ0n) is 10.0. The Labute approximate surface area is 114 Å². The lowest BCUT2D eigenvalue weighted by molar-refractivity contribution is 0.471. The molecule has 1 fully saturated rings. The third-order valence-corrected chi connectivity index (χ3v) is 4.13. The van der Waals surface area contributed by atoms with Gasteiger partial charge in [-0.3, -0.25) is 0 Å². The molecule has 1 aliphatic rings. The molecule has 1 saturated carbocycles. The molecule has 1 N–H and O–H groups in total. The largest absolute Gasteiger partial charge is 0.382 e. The standard InChI is InChI=1S/C14H19Cl2N/c15-13-9-8-12(10-14(13)16)17-11-6-4-2-1-3-5-7-11/h8-11,17H,1-7H2. The molecule has 0 heterocycles. The molecule has 0 radical (unpaired) electrons. The topological polar surface area (TPSA) is 12.0 Å². The number of benzene rings is 1. The maximum atomic E-state index is 6.02. The molecule has 0 unspecified atom stereocenters. The van der Waals surface area contributed by atoms with Crippen LogP contribution >= 0.6 is 23.2 Å². The molecule has 17 heavy (non-hydrogen) atoms.